The molecule has 2 N–H and O–H groups in total. The molecule has 0 aromatic heterocycles. The minimum absolute atomic E-state index is 0.105. The lowest BCUT2D eigenvalue weighted by molar-refractivity contribution is -0.262. The highest BCUT2D eigenvalue weighted by atomic mass is 35.5. The van der Waals surface area contributed by atoms with E-state index in [0.717, 1.165) is 10.5 Å². The average molecular weight is 517 g/mol. The molecule has 2 aliphatic heterocycles. The zero-order chi connectivity index (χ0) is 25.6. The van der Waals surface area contributed by atoms with Crippen LogP contribution in [0.1, 0.15) is 36.3 Å². The minimum Gasteiger partial charge on any atom is -0.368 e. The predicted octanol–water partition coefficient (Wildman–Crippen LogP) is 4.28. The van der Waals surface area contributed by atoms with E-state index in [4.69, 9.17) is 11.6 Å². The Labute approximate surface area is 202 Å². The third kappa shape index (κ3) is 4.49. The summed E-state index contributed by atoms with van der Waals surface area (Å²) in [5, 5.41) is 12.8. The van der Waals surface area contributed by atoms with Crippen LogP contribution in [0, 0.1) is 17.0 Å². The summed E-state index contributed by atoms with van der Waals surface area (Å²) in [6, 6.07) is 7.73. The van der Waals surface area contributed by atoms with Crippen molar-refractivity contribution in [2.24, 2.45) is 5.41 Å². The van der Waals surface area contributed by atoms with Crippen molar-refractivity contribution in [2.45, 2.75) is 37.0 Å². The summed E-state index contributed by atoms with van der Waals surface area (Å²) >= 11 is 5.62. The van der Waals surface area contributed by atoms with Gasteiger partial charge in [0.15, 0.2) is 0 Å². The highest BCUT2D eigenvalue weighted by Gasteiger charge is 2.62. The first-order chi connectivity index (χ1) is 16.4. The fourth-order valence-electron chi connectivity index (χ4n) is 5.14. The Bertz CT molecular complexity index is 1130. The SMILES string of the molecule is O=C1CC2(CCN(C(=O)C(O)(c3ccc(F)c(Cl)c3)C(F)(F)F)CC2)C(c2ccc(F)cc2)CN1. The maximum atomic E-state index is 14.0. The number of hydrogen-bond acceptors (Lipinski definition) is 3. The molecule has 35 heavy (non-hydrogen) atoms. The Morgan fingerprint density at radius 3 is 2.29 bits per heavy atom. The van der Waals surface area contributed by atoms with Gasteiger partial charge in [-0.25, -0.2) is 8.78 Å². The van der Waals surface area contributed by atoms with Crippen LogP contribution in [0.2, 0.25) is 5.02 Å². The minimum atomic E-state index is -5.40. The Morgan fingerprint density at radius 1 is 1.09 bits per heavy atom. The van der Waals surface area contributed by atoms with Gasteiger partial charge in [-0.05, 0) is 48.1 Å². The lowest BCUT2D eigenvalue weighted by Gasteiger charge is -2.50. The summed E-state index contributed by atoms with van der Waals surface area (Å²) in [5.41, 5.74) is -4.68. The summed E-state index contributed by atoms with van der Waals surface area (Å²) < 4.78 is 69.0. The lowest BCUT2D eigenvalue weighted by atomic mass is 9.62. The van der Waals surface area contributed by atoms with E-state index in [9.17, 15) is 36.6 Å². The second kappa shape index (κ2) is 9.05. The van der Waals surface area contributed by atoms with Gasteiger partial charge >= 0.3 is 6.18 Å². The molecule has 0 radical (unpaired) electrons. The largest absolute Gasteiger partial charge is 0.430 e. The van der Waals surface area contributed by atoms with Crippen molar-refractivity contribution in [1.29, 1.82) is 0 Å². The van der Waals surface area contributed by atoms with Crippen LogP contribution in [0.5, 0.6) is 0 Å². The predicted molar refractivity (Wildman–Crippen MR) is 116 cm³/mol. The first-order valence-corrected chi connectivity index (χ1v) is 11.3. The molecule has 2 saturated heterocycles. The van der Waals surface area contributed by atoms with Crippen molar-refractivity contribution in [3.05, 3.63) is 70.2 Å². The Balaban J connectivity index is 1.61. The number of carbonyl (C=O) groups is 2. The second-order valence-corrected chi connectivity index (χ2v) is 9.48. The Hall–Kier alpha value is -2.72. The number of nitrogens with zero attached hydrogens (tertiary/aromatic N) is 1. The van der Waals surface area contributed by atoms with Gasteiger partial charge in [0.25, 0.3) is 11.5 Å². The van der Waals surface area contributed by atoms with E-state index < -0.39 is 45.3 Å². The molecule has 2 aliphatic rings. The molecule has 188 valence electrons. The van der Waals surface area contributed by atoms with Crippen LogP contribution in [-0.4, -0.2) is 47.6 Å². The number of halogens is 6. The number of benzene rings is 2. The molecule has 2 heterocycles. The average Bonchev–Trinajstić information content (AvgIpc) is 2.80. The van der Waals surface area contributed by atoms with Crippen molar-refractivity contribution < 1.29 is 36.6 Å². The third-order valence-electron chi connectivity index (χ3n) is 7.13. The zero-order valence-corrected chi connectivity index (χ0v) is 19.1. The van der Waals surface area contributed by atoms with Gasteiger partial charge in [0.1, 0.15) is 11.6 Å². The quantitative estimate of drug-likeness (QED) is 0.598. The van der Waals surface area contributed by atoms with Gasteiger partial charge in [0.2, 0.25) is 5.91 Å². The molecule has 4 rings (SSSR count). The van der Waals surface area contributed by atoms with Crippen molar-refractivity contribution in [1.82, 2.24) is 10.2 Å². The molecular formula is C24H22ClF5N2O3. The molecule has 0 aliphatic carbocycles. The molecule has 11 heteroatoms. The van der Waals surface area contributed by atoms with Gasteiger partial charge in [-0.1, -0.05) is 29.8 Å². The molecule has 2 amide bonds. The number of likely N-dealkylation sites (tertiary alicyclic amines) is 1. The first kappa shape index (κ1) is 25.4. The molecule has 5 nitrogen and oxygen atoms in total. The number of rotatable bonds is 3. The normalized spacial score (nSPS) is 22.0. The van der Waals surface area contributed by atoms with Crippen LogP contribution < -0.4 is 5.32 Å². The van der Waals surface area contributed by atoms with Crippen molar-refractivity contribution in [2.75, 3.05) is 19.6 Å². The van der Waals surface area contributed by atoms with E-state index in [1.165, 1.54) is 12.1 Å². The van der Waals surface area contributed by atoms with E-state index >= 15 is 0 Å². The maximum absolute atomic E-state index is 14.0. The van der Waals surface area contributed by atoms with Gasteiger partial charge in [-0.3, -0.25) is 9.59 Å². The zero-order valence-electron chi connectivity index (χ0n) is 18.3. The van der Waals surface area contributed by atoms with Gasteiger partial charge in [0, 0.05) is 37.5 Å². The Kier molecular flexibility index (Phi) is 6.56. The van der Waals surface area contributed by atoms with Crippen LogP contribution in [-0.2, 0) is 15.2 Å². The molecule has 0 bridgehead atoms. The van der Waals surface area contributed by atoms with Crippen molar-refractivity contribution in [3.63, 3.8) is 0 Å². The van der Waals surface area contributed by atoms with Crippen LogP contribution >= 0.6 is 11.6 Å². The lowest BCUT2D eigenvalue weighted by Crippen LogP contribution is -2.59. The summed E-state index contributed by atoms with van der Waals surface area (Å²) in [6.45, 7) is -0.00672. The van der Waals surface area contributed by atoms with Gasteiger partial charge in [-0.2, -0.15) is 13.2 Å². The summed E-state index contributed by atoms with van der Waals surface area (Å²) in [7, 11) is 0. The molecule has 2 unspecified atom stereocenters. The van der Waals surface area contributed by atoms with E-state index in [0.29, 0.717) is 18.2 Å². The van der Waals surface area contributed by atoms with Crippen molar-refractivity contribution in [3.8, 4) is 0 Å². The second-order valence-electron chi connectivity index (χ2n) is 9.08. The highest BCUT2D eigenvalue weighted by Crippen LogP contribution is 2.50. The van der Waals surface area contributed by atoms with E-state index in [1.807, 2.05) is 0 Å². The molecule has 2 aromatic carbocycles. The van der Waals surface area contributed by atoms with Gasteiger partial charge in [-0.15, -0.1) is 0 Å². The molecule has 2 aromatic rings. The maximum Gasteiger partial charge on any atom is 0.430 e. The number of piperidine rings is 2. The fraction of sp³-hybridized carbons (Fsp3) is 0.417. The van der Waals surface area contributed by atoms with Crippen LogP contribution in [0.15, 0.2) is 42.5 Å². The van der Waals surface area contributed by atoms with Crippen molar-refractivity contribution >= 4 is 23.4 Å². The number of alkyl halides is 3. The number of carbonyl (C=O) groups excluding carboxylic acids is 2. The monoisotopic (exact) mass is 516 g/mol. The number of amides is 2. The third-order valence-corrected chi connectivity index (χ3v) is 7.42. The molecule has 1 spiro atoms. The molecule has 2 fully saturated rings. The smallest absolute Gasteiger partial charge is 0.368 e. The Morgan fingerprint density at radius 2 is 1.71 bits per heavy atom. The van der Waals surface area contributed by atoms with Gasteiger partial charge in [0.05, 0.1) is 5.02 Å². The number of hydrogen-bond donors (Lipinski definition) is 2. The summed E-state index contributed by atoms with van der Waals surface area (Å²) in [4.78, 5) is 26.2. The van der Waals surface area contributed by atoms with E-state index in [1.54, 1.807) is 12.1 Å². The topological polar surface area (TPSA) is 69.6 Å². The number of aliphatic hydroxyl groups is 1. The van der Waals surface area contributed by atoms with Crippen LogP contribution in [0.4, 0.5) is 22.0 Å². The van der Waals surface area contributed by atoms with E-state index in [-0.39, 0.29) is 50.7 Å². The van der Waals surface area contributed by atoms with Crippen LogP contribution in [0.3, 0.4) is 0 Å². The fourth-order valence-corrected chi connectivity index (χ4v) is 5.32. The summed E-state index contributed by atoms with van der Waals surface area (Å²) in [6.07, 6.45) is -4.89. The van der Waals surface area contributed by atoms with Crippen LogP contribution in [0.25, 0.3) is 0 Å². The number of nitrogens with one attached hydrogen (secondary N) is 1. The molecular weight excluding hydrogens is 495 g/mol. The first-order valence-electron chi connectivity index (χ1n) is 10.9. The standard InChI is InChI=1S/C24H22ClF5N2O3/c25-18-11-15(3-6-19(18)27)23(35,24(28,29)30)21(34)32-9-7-22(8-10-32)12-20(33)31-13-17(22)14-1-4-16(26)5-2-14/h1-6,11,17,35H,7-10,12-13H2,(H,31,33). The van der Waals surface area contributed by atoms with E-state index in [2.05, 4.69) is 5.32 Å². The van der Waals surface area contributed by atoms with Gasteiger partial charge < -0.3 is 15.3 Å². The molecule has 2 atom stereocenters. The summed E-state index contributed by atoms with van der Waals surface area (Å²) in [5.74, 6) is -3.45. The molecule has 0 saturated carbocycles. The highest BCUT2D eigenvalue weighted by molar-refractivity contribution is 6.30.